The van der Waals surface area contributed by atoms with E-state index in [1.54, 1.807) is 6.20 Å². The largest absolute Gasteiger partial charge is 0.468 e. The summed E-state index contributed by atoms with van der Waals surface area (Å²) in [4.78, 5) is 11.7. The molecule has 0 fully saturated rings. The van der Waals surface area contributed by atoms with E-state index in [1.807, 2.05) is 55.1 Å². The summed E-state index contributed by atoms with van der Waals surface area (Å²) in [6.07, 6.45) is 3.76. The molecule has 1 aromatic heterocycles. The Bertz CT molecular complexity index is 578. The van der Waals surface area contributed by atoms with Crippen LogP contribution < -0.4 is 5.32 Å². The van der Waals surface area contributed by atoms with Gasteiger partial charge in [0.1, 0.15) is 6.04 Å². The third kappa shape index (κ3) is 3.92. The Labute approximate surface area is 124 Å². The van der Waals surface area contributed by atoms with Gasteiger partial charge in [-0.15, -0.1) is 0 Å². The lowest BCUT2D eigenvalue weighted by atomic mass is 10.0. The van der Waals surface area contributed by atoms with Crippen LogP contribution in [0.5, 0.6) is 0 Å². The number of carbonyl (C=O) groups excluding carboxylic acids is 1. The van der Waals surface area contributed by atoms with Crippen LogP contribution in [-0.4, -0.2) is 28.9 Å². The van der Waals surface area contributed by atoms with E-state index in [9.17, 15) is 4.79 Å². The summed E-state index contributed by atoms with van der Waals surface area (Å²) in [5, 5.41) is 7.56. The Hall–Kier alpha value is -2.14. The van der Waals surface area contributed by atoms with Crippen LogP contribution in [0.4, 0.5) is 0 Å². The van der Waals surface area contributed by atoms with Crippen molar-refractivity contribution in [2.45, 2.75) is 26.4 Å². The molecular formula is C16H21N3O2. The van der Waals surface area contributed by atoms with E-state index in [-0.39, 0.29) is 17.9 Å². The van der Waals surface area contributed by atoms with Crippen molar-refractivity contribution in [2.24, 2.45) is 5.92 Å². The summed E-state index contributed by atoms with van der Waals surface area (Å²) < 4.78 is 6.63. The van der Waals surface area contributed by atoms with Crippen molar-refractivity contribution in [3.8, 4) is 5.69 Å². The second-order valence-corrected chi connectivity index (χ2v) is 5.25. The molecule has 5 heteroatoms. The number of para-hydroxylation sites is 1. The quantitative estimate of drug-likeness (QED) is 0.827. The molecule has 0 amide bonds. The van der Waals surface area contributed by atoms with Crippen molar-refractivity contribution in [1.82, 2.24) is 15.1 Å². The Kier molecular flexibility index (Phi) is 5.11. The van der Waals surface area contributed by atoms with Crippen LogP contribution in [0.15, 0.2) is 42.7 Å². The molecule has 0 aliphatic rings. The smallest absolute Gasteiger partial charge is 0.323 e. The topological polar surface area (TPSA) is 56.1 Å². The molecule has 0 aliphatic carbocycles. The minimum atomic E-state index is -0.310. The van der Waals surface area contributed by atoms with E-state index in [2.05, 4.69) is 10.4 Å². The molecule has 0 unspecified atom stereocenters. The summed E-state index contributed by atoms with van der Waals surface area (Å²) in [5.41, 5.74) is 2.03. The van der Waals surface area contributed by atoms with E-state index >= 15 is 0 Å². The molecule has 2 aromatic rings. The first-order valence-electron chi connectivity index (χ1n) is 7.02. The lowest BCUT2D eigenvalue weighted by molar-refractivity contribution is -0.144. The highest BCUT2D eigenvalue weighted by Gasteiger charge is 2.22. The fraction of sp³-hybridized carbons (Fsp3) is 0.375. The van der Waals surface area contributed by atoms with Crippen molar-refractivity contribution < 1.29 is 9.53 Å². The molecule has 1 N–H and O–H groups in total. The normalized spacial score (nSPS) is 12.4. The molecule has 112 valence electrons. The van der Waals surface area contributed by atoms with Gasteiger partial charge in [0.15, 0.2) is 0 Å². The Morgan fingerprint density at radius 3 is 2.67 bits per heavy atom. The minimum absolute atomic E-state index is 0.168. The van der Waals surface area contributed by atoms with Gasteiger partial charge in [0.2, 0.25) is 0 Å². The first-order chi connectivity index (χ1) is 10.1. The van der Waals surface area contributed by atoms with Gasteiger partial charge in [-0.2, -0.15) is 5.10 Å². The molecule has 0 saturated carbocycles. The van der Waals surface area contributed by atoms with Crippen LogP contribution in [-0.2, 0) is 16.1 Å². The maximum absolute atomic E-state index is 11.7. The highest BCUT2D eigenvalue weighted by atomic mass is 16.5. The van der Waals surface area contributed by atoms with E-state index in [1.165, 1.54) is 7.11 Å². The van der Waals surface area contributed by atoms with Crippen LogP contribution in [0.2, 0.25) is 0 Å². The number of aromatic nitrogens is 2. The zero-order chi connectivity index (χ0) is 15.2. The summed E-state index contributed by atoms with van der Waals surface area (Å²) in [5.74, 6) is -0.0675. The van der Waals surface area contributed by atoms with Gasteiger partial charge in [-0.3, -0.25) is 10.1 Å². The Morgan fingerprint density at radius 2 is 2.05 bits per heavy atom. The number of hydrogen-bond donors (Lipinski definition) is 1. The number of hydrogen-bond acceptors (Lipinski definition) is 4. The lowest BCUT2D eigenvalue weighted by Crippen LogP contribution is -2.41. The Morgan fingerprint density at radius 1 is 1.33 bits per heavy atom. The fourth-order valence-corrected chi connectivity index (χ4v) is 2.12. The van der Waals surface area contributed by atoms with Crippen molar-refractivity contribution in [1.29, 1.82) is 0 Å². The molecule has 0 aliphatic heterocycles. The first-order valence-corrected chi connectivity index (χ1v) is 7.02. The van der Waals surface area contributed by atoms with Gasteiger partial charge in [-0.1, -0.05) is 32.0 Å². The predicted molar refractivity (Wildman–Crippen MR) is 81.0 cm³/mol. The summed E-state index contributed by atoms with van der Waals surface area (Å²) in [6, 6.07) is 9.60. The molecule has 0 radical (unpaired) electrons. The zero-order valence-corrected chi connectivity index (χ0v) is 12.6. The third-order valence-electron chi connectivity index (χ3n) is 3.30. The molecule has 0 saturated heterocycles. The third-order valence-corrected chi connectivity index (χ3v) is 3.30. The van der Waals surface area contributed by atoms with Crippen LogP contribution in [0.25, 0.3) is 5.69 Å². The lowest BCUT2D eigenvalue weighted by Gasteiger charge is -2.19. The number of nitrogens with zero attached hydrogens (tertiary/aromatic N) is 2. The maximum atomic E-state index is 11.7. The number of nitrogens with one attached hydrogen (secondary N) is 1. The van der Waals surface area contributed by atoms with Gasteiger partial charge in [-0.05, 0) is 18.1 Å². The van der Waals surface area contributed by atoms with Crippen molar-refractivity contribution in [3.05, 3.63) is 48.3 Å². The molecule has 0 spiro atoms. The predicted octanol–water partition coefficient (Wildman–Crippen LogP) is 2.16. The standard InChI is InChI=1S/C16H21N3O2/c1-12(2)15(16(20)21-3)17-9-13-10-18-19(11-13)14-7-5-4-6-8-14/h4-8,10-12,15,17H,9H2,1-3H3/t15-/m0/s1. The van der Waals surface area contributed by atoms with Crippen molar-refractivity contribution in [2.75, 3.05) is 7.11 Å². The first kappa shape index (κ1) is 15.3. The molecule has 2 rings (SSSR count). The molecule has 0 bridgehead atoms. The van der Waals surface area contributed by atoms with Crippen LogP contribution in [0, 0.1) is 5.92 Å². The van der Waals surface area contributed by atoms with Gasteiger partial charge in [0.05, 0.1) is 19.0 Å². The maximum Gasteiger partial charge on any atom is 0.323 e. The summed E-state index contributed by atoms with van der Waals surface area (Å²) >= 11 is 0. The monoisotopic (exact) mass is 287 g/mol. The highest BCUT2D eigenvalue weighted by molar-refractivity contribution is 5.75. The number of esters is 1. The van der Waals surface area contributed by atoms with Crippen molar-refractivity contribution in [3.63, 3.8) is 0 Å². The average molecular weight is 287 g/mol. The average Bonchev–Trinajstić information content (AvgIpc) is 2.96. The second kappa shape index (κ2) is 7.04. The van der Waals surface area contributed by atoms with E-state index in [0.29, 0.717) is 6.54 Å². The van der Waals surface area contributed by atoms with Crippen LogP contribution in [0.1, 0.15) is 19.4 Å². The van der Waals surface area contributed by atoms with Crippen LogP contribution in [0.3, 0.4) is 0 Å². The van der Waals surface area contributed by atoms with Gasteiger partial charge in [0, 0.05) is 18.3 Å². The van der Waals surface area contributed by atoms with E-state index in [0.717, 1.165) is 11.3 Å². The van der Waals surface area contributed by atoms with Crippen LogP contribution >= 0.6 is 0 Å². The SMILES string of the molecule is COC(=O)[C@@H](NCc1cnn(-c2ccccc2)c1)C(C)C. The number of carbonyl (C=O) groups is 1. The highest BCUT2D eigenvalue weighted by Crippen LogP contribution is 2.09. The Balaban J connectivity index is 2.01. The summed E-state index contributed by atoms with van der Waals surface area (Å²) in [6.45, 7) is 4.55. The molecule has 21 heavy (non-hydrogen) atoms. The van der Waals surface area contributed by atoms with Gasteiger partial charge in [0.25, 0.3) is 0 Å². The minimum Gasteiger partial charge on any atom is -0.468 e. The number of ether oxygens (including phenoxy) is 1. The fourth-order valence-electron chi connectivity index (χ4n) is 2.12. The second-order valence-electron chi connectivity index (χ2n) is 5.25. The number of benzene rings is 1. The molecule has 1 heterocycles. The van der Waals surface area contributed by atoms with Crippen molar-refractivity contribution >= 4 is 5.97 Å². The van der Waals surface area contributed by atoms with E-state index in [4.69, 9.17) is 4.74 Å². The molecular weight excluding hydrogens is 266 g/mol. The van der Waals surface area contributed by atoms with Gasteiger partial charge >= 0.3 is 5.97 Å². The number of rotatable bonds is 6. The van der Waals surface area contributed by atoms with E-state index < -0.39 is 0 Å². The molecule has 5 nitrogen and oxygen atoms in total. The molecule has 1 aromatic carbocycles. The number of methoxy groups -OCH3 is 1. The van der Waals surface area contributed by atoms with Gasteiger partial charge < -0.3 is 4.74 Å². The summed E-state index contributed by atoms with van der Waals surface area (Å²) in [7, 11) is 1.41. The van der Waals surface area contributed by atoms with Gasteiger partial charge in [-0.25, -0.2) is 4.68 Å². The zero-order valence-electron chi connectivity index (χ0n) is 12.6. The molecule has 1 atom stereocenters.